The number of rotatable bonds is 1. The Morgan fingerprint density at radius 1 is 1.31 bits per heavy atom. The van der Waals surface area contributed by atoms with Crippen LogP contribution in [0.5, 0.6) is 5.75 Å². The molecule has 0 fully saturated rings. The lowest BCUT2D eigenvalue weighted by atomic mass is 10.0. The molecule has 0 saturated heterocycles. The summed E-state index contributed by atoms with van der Waals surface area (Å²) < 4.78 is 42.5. The van der Waals surface area contributed by atoms with E-state index in [4.69, 9.17) is 16.3 Å². The first-order chi connectivity index (χ1) is 7.48. The van der Waals surface area contributed by atoms with Crippen molar-refractivity contribution < 1.29 is 17.9 Å². The van der Waals surface area contributed by atoms with Gasteiger partial charge in [0.2, 0.25) is 0 Å². The van der Waals surface area contributed by atoms with E-state index in [9.17, 15) is 13.2 Å². The number of hydrogen-bond acceptors (Lipinski definition) is 1. The highest BCUT2D eigenvalue weighted by atomic mass is 35.5. The largest absolute Gasteiger partial charge is 0.493 e. The van der Waals surface area contributed by atoms with Crippen molar-refractivity contribution in [3.63, 3.8) is 0 Å². The molecule has 1 atom stereocenters. The van der Waals surface area contributed by atoms with Gasteiger partial charge in [0.05, 0.1) is 6.61 Å². The summed E-state index contributed by atoms with van der Waals surface area (Å²) in [6, 6.07) is 4.42. The van der Waals surface area contributed by atoms with Crippen molar-refractivity contribution in [2.45, 2.75) is 24.4 Å². The van der Waals surface area contributed by atoms with Crippen LogP contribution < -0.4 is 4.74 Å². The molecule has 16 heavy (non-hydrogen) atoms. The molecule has 1 unspecified atom stereocenters. The third kappa shape index (κ3) is 2.26. The summed E-state index contributed by atoms with van der Waals surface area (Å²) in [5, 5.41) is -1.94. The SMILES string of the molecule is FC(F)(F)C(Cl)c1ccc2c(c1)CCCO2. The summed E-state index contributed by atoms with van der Waals surface area (Å²) in [7, 11) is 0. The van der Waals surface area contributed by atoms with Gasteiger partial charge in [0.25, 0.3) is 0 Å². The molecule has 1 aliphatic heterocycles. The molecule has 0 saturated carbocycles. The monoisotopic (exact) mass is 250 g/mol. The fourth-order valence-corrected chi connectivity index (χ4v) is 1.86. The summed E-state index contributed by atoms with van der Waals surface area (Å²) in [6.07, 6.45) is -2.84. The highest BCUT2D eigenvalue weighted by Crippen LogP contribution is 2.39. The topological polar surface area (TPSA) is 9.23 Å². The zero-order valence-electron chi connectivity index (χ0n) is 8.35. The number of ether oxygens (including phenoxy) is 1. The van der Waals surface area contributed by atoms with Crippen molar-refractivity contribution in [2.75, 3.05) is 6.61 Å². The van der Waals surface area contributed by atoms with Crippen LogP contribution in [-0.4, -0.2) is 12.8 Å². The van der Waals surface area contributed by atoms with Gasteiger partial charge in [0, 0.05) is 0 Å². The van der Waals surface area contributed by atoms with Crippen LogP contribution in [-0.2, 0) is 6.42 Å². The molecule has 0 radical (unpaired) electrons. The van der Waals surface area contributed by atoms with Gasteiger partial charge in [-0.1, -0.05) is 12.1 Å². The van der Waals surface area contributed by atoms with Gasteiger partial charge in [-0.15, -0.1) is 11.6 Å². The second kappa shape index (κ2) is 4.17. The van der Waals surface area contributed by atoms with Crippen LogP contribution in [0.3, 0.4) is 0 Å². The van der Waals surface area contributed by atoms with Crippen LogP contribution in [0.4, 0.5) is 13.2 Å². The van der Waals surface area contributed by atoms with E-state index in [1.807, 2.05) is 0 Å². The molecule has 0 N–H and O–H groups in total. The molecule has 0 aromatic heterocycles. The minimum Gasteiger partial charge on any atom is -0.493 e. The molecule has 0 amide bonds. The Morgan fingerprint density at radius 3 is 2.75 bits per heavy atom. The third-order valence-electron chi connectivity index (χ3n) is 2.51. The Bertz CT molecular complexity index is 389. The summed E-state index contributed by atoms with van der Waals surface area (Å²) >= 11 is 5.36. The predicted molar refractivity (Wildman–Crippen MR) is 54.9 cm³/mol. The average molecular weight is 251 g/mol. The summed E-state index contributed by atoms with van der Waals surface area (Å²) in [6.45, 7) is 0.621. The molecule has 0 bridgehead atoms. The lowest BCUT2D eigenvalue weighted by molar-refractivity contribution is -0.131. The quantitative estimate of drug-likeness (QED) is 0.688. The van der Waals surface area contributed by atoms with Gasteiger partial charge in [-0.3, -0.25) is 0 Å². The smallest absolute Gasteiger partial charge is 0.408 e. The summed E-state index contributed by atoms with van der Waals surface area (Å²) in [5.41, 5.74) is 0.886. The maximum Gasteiger partial charge on any atom is 0.408 e. The second-order valence-corrected chi connectivity index (χ2v) is 4.16. The molecule has 1 aromatic carbocycles. The fraction of sp³-hybridized carbons (Fsp3) is 0.455. The lowest BCUT2D eigenvalue weighted by Gasteiger charge is -2.20. The van der Waals surface area contributed by atoms with E-state index in [1.165, 1.54) is 12.1 Å². The van der Waals surface area contributed by atoms with Crippen LogP contribution in [0.15, 0.2) is 18.2 Å². The predicted octanol–water partition coefficient (Wildman–Crippen LogP) is 3.85. The molecule has 0 spiro atoms. The minimum absolute atomic E-state index is 0.0819. The van der Waals surface area contributed by atoms with E-state index in [2.05, 4.69) is 0 Å². The molecular formula is C11H10ClF3O. The van der Waals surface area contributed by atoms with Gasteiger partial charge < -0.3 is 4.74 Å². The first-order valence-corrected chi connectivity index (χ1v) is 5.38. The number of alkyl halides is 4. The molecular weight excluding hydrogens is 241 g/mol. The molecule has 5 heteroatoms. The van der Waals surface area contributed by atoms with Gasteiger partial charge in [-0.2, -0.15) is 13.2 Å². The Kier molecular flexibility index (Phi) is 3.02. The molecule has 88 valence electrons. The molecule has 1 heterocycles. The zero-order chi connectivity index (χ0) is 11.8. The molecule has 0 aliphatic carbocycles. The van der Waals surface area contributed by atoms with Crippen molar-refractivity contribution in [1.82, 2.24) is 0 Å². The molecule has 1 aromatic rings. The number of hydrogen-bond donors (Lipinski definition) is 0. The number of aryl methyl sites for hydroxylation is 1. The van der Waals surface area contributed by atoms with Crippen LogP contribution in [0.2, 0.25) is 0 Å². The minimum atomic E-state index is -4.41. The Hall–Kier alpha value is -0.900. The maximum atomic E-state index is 12.4. The Balaban J connectivity index is 2.30. The van der Waals surface area contributed by atoms with E-state index in [1.54, 1.807) is 6.07 Å². The number of benzene rings is 1. The van der Waals surface area contributed by atoms with Crippen LogP contribution in [0.25, 0.3) is 0 Å². The first kappa shape index (κ1) is 11.6. The fourth-order valence-electron chi connectivity index (χ4n) is 1.73. The van der Waals surface area contributed by atoms with Crippen molar-refractivity contribution in [3.8, 4) is 5.75 Å². The van der Waals surface area contributed by atoms with Crippen LogP contribution in [0, 0.1) is 0 Å². The standard InChI is InChI=1S/C11H10ClF3O/c12-10(11(13,14)15)8-3-4-9-7(6-8)2-1-5-16-9/h3-4,6,10H,1-2,5H2. The molecule has 2 rings (SSSR count). The van der Waals surface area contributed by atoms with Crippen LogP contribution >= 0.6 is 11.6 Å². The highest BCUT2D eigenvalue weighted by molar-refractivity contribution is 6.21. The zero-order valence-corrected chi connectivity index (χ0v) is 9.11. The average Bonchev–Trinajstić information content (AvgIpc) is 2.26. The summed E-state index contributed by atoms with van der Waals surface area (Å²) in [4.78, 5) is 0. The van der Waals surface area contributed by atoms with Crippen molar-refractivity contribution in [3.05, 3.63) is 29.3 Å². The maximum absolute atomic E-state index is 12.4. The third-order valence-corrected chi connectivity index (χ3v) is 3.01. The van der Waals surface area contributed by atoms with Crippen LogP contribution in [0.1, 0.15) is 22.9 Å². The van der Waals surface area contributed by atoms with E-state index in [0.717, 1.165) is 18.4 Å². The van der Waals surface area contributed by atoms with E-state index < -0.39 is 11.6 Å². The lowest BCUT2D eigenvalue weighted by Crippen LogP contribution is -2.16. The van der Waals surface area contributed by atoms with Gasteiger partial charge >= 0.3 is 6.18 Å². The molecule has 1 nitrogen and oxygen atoms in total. The first-order valence-electron chi connectivity index (χ1n) is 4.95. The van der Waals surface area contributed by atoms with E-state index in [0.29, 0.717) is 12.4 Å². The Morgan fingerprint density at radius 2 is 2.06 bits per heavy atom. The van der Waals surface area contributed by atoms with E-state index >= 15 is 0 Å². The van der Waals surface area contributed by atoms with Gasteiger partial charge in [0.1, 0.15) is 5.75 Å². The number of fused-ring (bicyclic) bond motifs is 1. The normalized spacial score (nSPS) is 17.5. The second-order valence-electron chi connectivity index (χ2n) is 3.72. The highest BCUT2D eigenvalue weighted by Gasteiger charge is 2.39. The van der Waals surface area contributed by atoms with Gasteiger partial charge in [0.15, 0.2) is 5.38 Å². The number of halogens is 4. The molecule has 1 aliphatic rings. The van der Waals surface area contributed by atoms with Gasteiger partial charge in [-0.25, -0.2) is 0 Å². The Labute approximate surface area is 96.2 Å². The van der Waals surface area contributed by atoms with Crippen molar-refractivity contribution in [1.29, 1.82) is 0 Å². The van der Waals surface area contributed by atoms with Crippen molar-refractivity contribution >= 4 is 11.6 Å². The van der Waals surface area contributed by atoms with Gasteiger partial charge in [-0.05, 0) is 30.0 Å². The van der Waals surface area contributed by atoms with Crippen molar-refractivity contribution in [2.24, 2.45) is 0 Å². The summed E-state index contributed by atoms with van der Waals surface area (Å²) in [5.74, 6) is 0.668. The van der Waals surface area contributed by atoms with E-state index in [-0.39, 0.29) is 5.56 Å².